The Morgan fingerprint density at radius 2 is 1.90 bits per heavy atom. The van der Waals surface area contributed by atoms with Gasteiger partial charge in [-0.25, -0.2) is 0 Å². The smallest absolute Gasteiger partial charge is 0.320 e. The number of para-hydroxylation sites is 1. The summed E-state index contributed by atoms with van der Waals surface area (Å²) in [4.78, 5) is 27.1. The van der Waals surface area contributed by atoms with Crippen LogP contribution in [-0.2, 0) is 14.3 Å². The first-order valence-electron chi connectivity index (χ1n) is 6.89. The van der Waals surface area contributed by atoms with Crippen LogP contribution >= 0.6 is 0 Å². The second-order valence-electron chi connectivity index (χ2n) is 4.55. The van der Waals surface area contributed by atoms with E-state index in [0.717, 1.165) is 5.69 Å². The van der Waals surface area contributed by atoms with Crippen molar-refractivity contribution in [3.05, 3.63) is 43.0 Å². The minimum absolute atomic E-state index is 0.0776. The maximum atomic E-state index is 12.3. The summed E-state index contributed by atoms with van der Waals surface area (Å²) in [5, 5.41) is 0. The van der Waals surface area contributed by atoms with Gasteiger partial charge in [0.2, 0.25) is 5.91 Å². The Morgan fingerprint density at radius 1 is 1.24 bits per heavy atom. The summed E-state index contributed by atoms with van der Waals surface area (Å²) in [7, 11) is 1.72. The van der Waals surface area contributed by atoms with Crippen LogP contribution in [0.2, 0.25) is 0 Å². The zero-order chi connectivity index (χ0) is 15.7. The van der Waals surface area contributed by atoms with Gasteiger partial charge in [0.05, 0.1) is 19.7 Å². The number of amides is 1. The average Bonchev–Trinajstić information content (AvgIpc) is 2.47. The highest BCUT2D eigenvalue weighted by atomic mass is 16.5. The van der Waals surface area contributed by atoms with Crippen LogP contribution in [0.4, 0.5) is 5.69 Å². The van der Waals surface area contributed by atoms with Crippen LogP contribution in [-0.4, -0.2) is 50.1 Å². The molecule has 0 heterocycles. The Morgan fingerprint density at radius 3 is 2.48 bits per heavy atom. The van der Waals surface area contributed by atoms with Gasteiger partial charge in [-0.05, 0) is 19.1 Å². The molecule has 0 saturated heterocycles. The third-order valence-electron chi connectivity index (χ3n) is 2.92. The highest BCUT2D eigenvalue weighted by Gasteiger charge is 2.17. The fourth-order valence-corrected chi connectivity index (χ4v) is 1.85. The number of hydrogen-bond donors (Lipinski definition) is 0. The molecule has 1 aromatic rings. The number of carbonyl (C=O) groups excluding carboxylic acids is 2. The van der Waals surface area contributed by atoms with E-state index < -0.39 is 0 Å². The second-order valence-corrected chi connectivity index (χ2v) is 4.55. The predicted octanol–water partition coefficient (Wildman–Crippen LogP) is 1.70. The summed E-state index contributed by atoms with van der Waals surface area (Å²) in [5.41, 5.74) is 0.817. The molecule has 0 fully saturated rings. The number of benzene rings is 1. The topological polar surface area (TPSA) is 49.9 Å². The highest BCUT2D eigenvalue weighted by molar-refractivity contribution is 5.94. The van der Waals surface area contributed by atoms with E-state index in [9.17, 15) is 9.59 Å². The molecule has 0 aromatic heterocycles. The van der Waals surface area contributed by atoms with Crippen molar-refractivity contribution in [3.63, 3.8) is 0 Å². The van der Waals surface area contributed by atoms with E-state index >= 15 is 0 Å². The normalized spacial score (nSPS) is 10.2. The van der Waals surface area contributed by atoms with E-state index in [0.29, 0.717) is 13.2 Å². The van der Waals surface area contributed by atoms with Crippen LogP contribution in [0.3, 0.4) is 0 Å². The highest BCUT2D eigenvalue weighted by Crippen LogP contribution is 2.11. The van der Waals surface area contributed by atoms with Gasteiger partial charge in [0.15, 0.2) is 0 Å². The van der Waals surface area contributed by atoms with E-state index in [1.807, 2.05) is 30.3 Å². The van der Waals surface area contributed by atoms with E-state index in [1.54, 1.807) is 29.8 Å². The maximum absolute atomic E-state index is 12.3. The number of nitrogens with zero attached hydrogens (tertiary/aromatic N) is 2. The lowest BCUT2D eigenvalue weighted by atomic mass is 10.3. The SMILES string of the molecule is C=CCN(CC(=O)OCC)CC(=O)N(C)c1ccccc1. The molecule has 0 atom stereocenters. The Kier molecular flexibility index (Phi) is 7.18. The summed E-state index contributed by atoms with van der Waals surface area (Å²) < 4.78 is 4.91. The molecule has 1 aromatic carbocycles. The average molecular weight is 290 g/mol. The lowest BCUT2D eigenvalue weighted by Crippen LogP contribution is -2.41. The van der Waals surface area contributed by atoms with Crippen molar-refractivity contribution in [2.75, 3.05) is 38.2 Å². The maximum Gasteiger partial charge on any atom is 0.320 e. The molecule has 0 unspecified atom stereocenters. The van der Waals surface area contributed by atoms with Crippen LogP contribution in [0.5, 0.6) is 0 Å². The Bertz CT molecular complexity index is 474. The molecule has 0 spiro atoms. The van der Waals surface area contributed by atoms with Gasteiger partial charge in [0.1, 0.15) is 0 Å². The van der Waals surface area contributed by atoms with Gasteiger partial charge in [0, 0.05) is 19.3 Å². The third-order valence-corrected chi connectivity index (χ3v) is 2.92. The molecule has 1 rings (SSSR count). The summed E-state index contributed by atoms with van der Waals surface area (Å²) >= 11 is 0. The number of ether oxygens (including phenoxy) is 1. The van der Waals surface area contributed by atoms with E-state index in [4.69, 9.17) is 4.74 Å². The van der Waals surface area contributed by atoms with Crippen molar-refractivity contribution >= 4 is 17.6 Å². The summed E-state index contributed by atoms with van der Waals surface area (Å²) in [5.74, 6) is -0.429. The predicted molar refractivity (Wildman–Crippen MR) is 83.1 cm³/mol. The molecule has 0 aliphatic heterocycles. The van der Waals surface area contributed by atoms with Crippen LogP contribution < -0.4 is 4.90 Å². The second kappa shape index (κ2) is 8.92. The van der Waals surface area contributed by atoms with Crippen LogP contribution in [0.1, 0.15) is 6.92 Å². The van der Waals surface area contributed by atoms with Gasteiger partial charge in [0.25, 0.3) is 0 Å². The quantitative estimate of drug-likeness (QED) is 0.540. The van der Waals surface area contributed by atoms with Gasteiger partial charge in [-0.1, -0.05) is 24.3 Å². The number of esters is 1. The standard InChI is InChI=1S/C16H22N2O3/c1-4-11-18(13-16(20)21-5-2)12-15(19)17(3)14-9-7-6-8-10-14/h4,6-10H,1,5,11-13H2,2-3H3. The largest absolute Gasteiger partial charge is 0.465 e. The van der Waals surface area contributed by atoms with E-state index in [2.05, 4.69) is 6.58 Å². The molecule has 5 heteroatoms. The summed E-state index contributed by atoms with van der Waals surface area (Å²) in [6.07, 6.45) is 1.66. The van der Waals surface area contributed by atoms with Crippen molar-refractivity contribution in [2.24, 2.45) is 0 Å². The number of hydrogen-bond acceptors (Lipinski definition) is 4. The van der Waals surface area contributed by atoms with Crippen molar-refractivity contribution in [1.82, 2.24) is 4.90 Å². The third kappa shape index (κ3) is 5.79. The molecular formula is C16H22N2O3. The molecule has 114 valence electrons. The zero-order valence-electron chi connectivity index (χ0n) is 12.6. The molecule has 0 radical (unpaired) electrons. The molecule has 5 nitrogen and oxygen atoms in total. The molecule has 21 heavy (non-hydrogen) atoms. The summed E-state index contributed by atoms with van der Waals surface area (Å²) in [6.45, 7) is 6.40. The van der Waals surface area contributed by atoms with E-state index in [1.165, 1.54) is 0 Å². The number of likely N-dealkylation sites (N-methyl/N-ethyl adjacent to an activating group) is 1. The fourth-order valence-electron chi connectivity index (χ4n) is 1.85. The number of anilines is 1. The first kappa shape index (κ1) is 16.9. The monoisotopic (exact) mass is 290 g/mol. The molecule has 0 aliphatic carbocycles. The Labute approximate surface area is 125 Å². The molecule has 0 saturated carbocycles. The first-order chi connectivity index (χ1) is 10.1. The van der Waals surface area contributed by atoms with Gasteiger partial charge >= 0.3 is 5.97 Å². The van der Waals surface area contributed by atoms with Crippen LogP contribution in [0, 0.1) is 0 Å². The minimum atomic E-state index is -0.338. The van der Waals surface area contributed by atoms with Gasteiger partial charge < -0.3 is 9.64 Å². The number of carbonyl (C=O) groups is 2. The first-order valence-corrected chi connectivity index (χ1v) is 6.89. The van der Waals surface area contributed by atoms with Gasteiger partial charge in [-0.15, -0.1) is 6.58 Å². The zero-order valence-corrected chi connectivity index (χ0v) is 12.6. The van der Waals surface area contributed by atoms with Crippen molar-refractivity contribution in [2.45, 2.75) is 6.92 Å². The van der Waals surface area contributed by atoms with Crippen LogP contribution in [0.15, 0.2) is 43.0 Å². The van der Waals surface area contributed by atoms with Crippen molar-refractivity contribution < 1.29 is 14.3 Å². The van der Waals surface area contributed by atoms with Crippen molar-refractivity contribution in [3.8, 4) is 0 Å². The molecule has 0 bridgehead atoms. The molecule has 0 aliphatic rings. The van der Waals surface area contributed by atoms with Crippen molar-refractivity contribution in [1.29, 1.82) is 0 Å². The number of rotatable bonds is 8. The fraction of sp³-hybridized carbons (Fsp3) is 0.375. The van der Waals surface area contributed by atoms with E-state index in [-0.39, 0.29) is 25.0 Å². The Hall–Kier alpha value is -2.14. The molecule has 0 N–H and O–H groups in total. The summed E-state index contributed by atoms with van der Waals surface area (Å²) in [6, 6.07) is 9.37. The Balaban J connectivity index is 2.63. The lowest BCUT2D eigenvalue weighted by molar-refractivity contribution is -0.144. The molecular weight excluding hydrogens is 268 g/mol. The van der Waals surface area contributed by atoms with Gasteiger partial charge in [-0.2, -0.15) is 0 Å². The lowest BCUT2D eigenvalue weighted by Gasteiger charge is -2.23. The minimum Gasteiger partial charge on any atom is -0.465 e. The van der Waals surface area contributed by atoms with Gasteiger partial charge in [-0.3, -0.25) is 14.5 Å². The molecule has 1 amide bonds. The van der Waals surface area contributed by atoms with Crippen LogP contribution in [0.25, 0.3) is 0 Å².